The minimum atomic E-state index is -2.10. The molecule has 1 rings (SSSR count). The highest BCUT2D eigenvalue weighted by Crippen LogP contribution is 2.09. The molecule has 4 heteroatoms. The van der Waals surface area contributed by atoms with Crippen LogP contribution < -0.4 is 0 Å². The highest BCUT2D eigenvalue weighted by atomic mass is 79.9. The molecule has 0 bridgehead atoms. The Morgan fingerprint density at radius 1 is 1.36 bits per heavy atom. The fraction of sp³-hybridized carbons (Fsp3) is 0.143. The standard InChI is InChI=1S/C7H7BrO2S/c8-5-6-1-3-7(4-2-6)11(9)10/h1-4H,5H2,(H,9,10)/p-1. The Morgan fingerprint density at radius 2 is 1.91 bits per heavy atom. The Labute approximate surface area is 76.0 Å². The number of hydrogen-bond acceptors (Lipinski definition) is 2. The van der Waals surface area contributed by atoms with Crippen LogP contribution in [0.15, 0.2) is 29.2 Å². The zero-order valence-electron chi connectivity index (χ0n) is 5.62. The summed E-state index contributed by atoms with van der Waals surface area (Å²) in [5.41, 5.74) is 1.07. The average molecular weight is 234 g/mol. The Morgan fingerprint density at radius 3 is 2.27 bits per heavy atom. The molecular formula is C7H6BrO2S-. The number of halogens is 1. The molecule has 0 spiro atoms. The molecule has 2 nitrogen and oxygen atoms in total. The highest BCUT2D eigenvalue weighted by Gasteiger charge is 1.91. The fourth-order valence-electron chi connectivity index (χ4n) is 0.690. The molecule has 1 aromatic rings. The predicted octanol–water partition coefficient (Wildman–Crippen LogP) is 1.82. The molecule has 0 N–H and O–H groups in total. The molecule has 1 unspecified atom stereocenters. The van der Waals surface area contributed by atoms with E-state index < -0.39 is 11.1 Å². The second kappa shape index (κ2) is 3.99. The van der Waals surface area contributed by atoms with Crippen molar-refractivity contribution in [3.8, 4) is 0 Å². The second-order valence-electron chi connectivity index (χ2n) is 2.01. The Balaban J connectivity index is 2.91. The molecule has 60 valence electrons. The number of benzene rings is 1. The monoisotopic (exact) mass is 233 g/mol. The summed E-state index contributed by atoms with van der Waals surface area (Å²) in [4.78, 5) is 0.328. The van der Waals surface area contributed by atoms with Gasteiger partial charge in [0, 0.05) is 10.2 Å². The quantitative estimate of drug-likeness (QED) is 0.578. The van der Waals surface area contributed by atoms with Crippen LogP contribution in [0.25, 0.3) is 0 Å². The number of alkyl halides is 1. The van der Waals surface area contributed by atoms with Crippen molar-refractivity contribution in [3.05, 3.63) is 29.8 Å². The smallest absolute Gasteiger partial charge is 0.0283 e. The largest absolute Gasteiger partial charge is 0.768 e. The van der Waals surface area contributed by atoms with Crippen LogP contribution in [-0.2, 0) is 16.4 Å². The SMILES string of the molecule is O=S([O-])c1ccc(CBr)cc1. The summed E-state index contributed by atoms with van der Waals surface area (Å²) < 4.78 is 20.8. The first-order valence-electron chi connectivity index (χ1n) is 2.98. The summed E-state index contributed by atoms with van der Waals surface area (Å²) in [5, 5.41) is 0.749. The van der Waals surface area contributed by atoms with Gasteiger partial charge in [-0.25, -0.2) is 0 Å². The lowest BCUT2D eigenvalue weighted by Gasteiger charge is -2.04. The average Bonchev–Trinajstić information content (AvgIpc) is 2.05. The Hall–Kier alpha value is -0.190. The van der Waals surface area contributed by atoms with Gasteiger partial charge >= 0.3 is 0 Å². The lowest BCUT2D eigenvalue weighted by Crippen LogP contribution is -1.88. The molecule has 1 atom stereocenters. The van der Waals surface area contributed by atoms with Crippen molar-refractivity contribution in [3.63, 3.8) is 0 Å². The van der Waals surface area contributed by atoms with E-state index in [2.05, 4.69) is 15.9 Å². The Bertz CT molecular complexity index is 258. The van der Waals surface area contributed by atoms with Gasteiger partial charge in [-0.15, -0.1) is 0 Å². The Kier molecular flexibility index (Phi) is 3.23. The zero-order chi connectivity index (χ0) is 8.27. The lowest BCUT2D eigenvalue weighted by molar-refractivity contribution is 0.537. The van der Waals surface area contributed by atoms with Gasteiger partial charge in [0.05, 0.1) is 0 Å². The summed E-state index contributed by atoms with van der Waals surface area (Å²) in [5.74, 6) is 0. The second-order valence-corrected chi connectivity index (χ2v) is 3.51. The molecule has 0 aliphatic rings. The van der Waals surface area contributed by atoms with E-state index >= 15 is 0 Å². The van der Waals surface area contributed by atoms with Crippen LogP contribution in [0.1, 0.15) is 5.56 Å². The molecule has 0 fully saturated rings. The first kappa shape index (κ1) is 8.90. The van der Waals surface area contributed by atoms with Crippen LogP contribution in [0.5, 0.6) is 0 Å². The van der Waals surface area contributed by atoms with Crippen LogP contribution in [0, 0.1) is 0 Å². The van der Waals surface area contributed by atoms with Gasteiger partial charge in [-0.05, 0) is 28.8 Å². The third-order valence-electron chi connectivity index (χ3n) is 1.27. The molecule has 0 aliphatic carbocycles. The van der Waals surface area contributed by atoms with E-state index in [-0.39, 0.29) is 0 Å². The van der Waals surface area contributed by atoms with Crippen molar-refractivity contribution in [1.29, 1.82) is 0 Å². The molecule has 0 radical (unpaired) electrons. The van der Waals surface area contributed by atoms with E-state index in [9.17, 15) is 8.76 Å². The molecule has 0 aromatic heterocycles. The zero-order valence-corrected chi connectivity index (χ0v) is 8.02. The first-order chi connectivity index (χ1) is 5.24. The van der Waals surface area contributed by atoms with Crippen molar-refractivity contribution in [2.24, 2.45) is 0 Å². The van der Waals surface area contributed by atoms with Gasteiger partial charge in [-0.3, -0.25) is 4.21 Å². The van der Waals surface area contributed by atoms with E-state index in [4.69, 9.17) is 0 Å². The van der Waals surface area contributed by atoms with Crippen LogP contribution in [0.3, 0.4) is 0 Å². The fourth-order valence-corrected chi connectivity index (χ4v) is 1.42. The maximum absolute atomic E-state index is 10.4. The number of hydrogen-bond donors (Lipinski definition) is 0. The van der Waals surface area contributed by atoms with E-state index in [1.165, 1.54) is 0 Å². The van der Waals surface area contributed by atoms with E-state index in [0.717, 1.165) is 10.9 Å². The third kappa shape index (κ3) is 2.39. The topological polar surface area (TPSA) is 40.1 Å². The minimum Gasteiger partial charge on any atom is -0.768 e. The molecule has 0 heterocycles. The summed E-state index contributed by atoms with van der Waals surface area (Å²) in [6.45, 7) is 0. The molecule has 0 amide bonds. The van der Waals surface area contributed by atoms with Gasteiger partial charge in [-0.2, -0.15) is 0 Å². The van der Waals surface area contributed by atoms with Gasteiger partial charge in [0.2, 0.25) is 0 Å². The molecule has 1 aromatic carbocycles. The van der Waals surface area contributed by atoms with Crippen LogP contribution in [0.4, 0.5) is 0 Å². The van der Waals surface area contributed by atoms with Gasteiger partial charge < -0.3 is 4.55 Å². The molecule has 0 aliphatic heterocycles. The van der Waals surface area contributed by atoms with E-state index in [0.29, 0.717) is 4.90 Å². The van der Waals surface area contributed by atoms with E-state index in [1.54, 1.807) is 24.3 Å². The molecule has 0 saturated heterocycles. The van der Waals surface area contributed by atoms with Crippen molar-refractivity contribution in [2.45, 2.75) is 10.2 Å². The summed E-state index contributed by atoms with van der Waals surface area (Å²) >= 11 is 1.16. The third-order valence-corrected chi connectivity index (χ3v) is 2.57. The van der Waals surface area contributed by atoms with Gasteiger partial charge in [0.1, 0.15) is 0 Å². The van der Waals surface area contributed by atoms with Crippen LogP contribution >= 0.6 is 15.9 Å². The van der Waals surface area contributed by atoms with Crippen molar-refractivity contribution < 1.29 is 8.76 Å². The van der Waals surface area contributed by atoms with Gasteiger partial charge in [0.15, 0.2) is 0 Å². The highest BCUT2D eigenvalue weighted by molar-refractivity contribution is 9.08. The van der Waals surface area contributed by atoms with Crippen molar-refractivity contribution >= 4 is 27.0 Å². The summed E-state index contributed by atoms with van der Waals surface area (Å²) in [6, 6.07) is 6.72. The maximum Gasteiger partial charge on any atom is 0.0283 e. The van der Waals surface area contributed by atoms with Gasteiger partial charge in [0.25, 0.3) is 0 Å². The molecule has 0 saturated carbocycles. The van der Waals surface area contributed by atoms with Crippen LogP contribution in [-0.4, -0.2) is 8.76 Å². The summed E-state index contributed by atoms with van der Waals surface area (Å²) in [7, 11) is 0. The van der Waals surface area contributed by atoms with Crippen molar-refractivity contribution in [2.75, 3.05) is 0 Å². The van der Waals surface area contributed by atoms with Crippen LogP contribution in [0.2, 0.25) is 0 Å². The van der Waals surface area contributed by atoms with Gasteiger partial charge in [-0.1, -0.05) is 28.1 Å². The normalized spacial score (nSPS) is 12.9. The maximum atomic E-state index is 10.4. The molecule has 11 heavy (non-hydrogen) atoms. The van der Waals surface area contributed by atoms with Crippen molar-refractivity contribution in [1.82, 2.24) is 0 Å². The number of rotatable bonds is 2. The predicted molar refractivity (Wildman–Crippen MR) is 46.3 cm³/mol. The van der Waals surface area contributed by atoms with E-state index in [1.807, 2.05) is 0 Å². The summed E-state index contributed by atoms with van der Waals surface area (Å²) in [6.07, 6.45) is 0. The first-order valence-corrected chi connectivity index (χ1v) is 5.18. The lowest BCUT2D eigenvalue weighted by atomic mass is 10.2. The minimum absolute atomic E-state index is 0.328. The molecular weight excluding hydrogens is 228 g/mol.